The molecule has 0 aliphatic rings. The van der Waals surface area contributed by atoms with Crippen LogP contribution in [0.3, 0.4) is 0 Å². The van der Waals surface area contributed by atoms with E-state index in [1.54, 1.807) is 18.7 Å². The van der Waals surface area contributed by atoms with E-state index in [9.17, 15) is 4.79 Å². The molecule has 0 atom stereocenters. The highest BCUT2D eigenvalue weighted by molar-refractivity contribution is 7.98. The summed E-state index contributed by atoms with van der Waals surface area (Å²) in [5, 5.41) is 0.710. The van der Waals surface area contributed by atoms with E-state index in [-0.39, 0.29) is 5.56 Å². The second-order valence-electron chi connectivity index (χ2n) is 3.97. The van der Waals surface area contributed by atoms with E-state index in [1.165, 1.54) is 0 Å². The van der Waals surface area contributed by atoms with Gasteiger partial charge in [0.1, 0.15) is 5.82 Å². The summed E-state index contributed by atoms with van der Waals surface area (Å²) in [5.74, 6) is 1.31. The van der Waals surface area contributed by atoms with Gasteiger partial charge in [0.25, 0.3) is 5.56 Å². The molecule has 0 saturated heterocycles. The summed E-state index contributed by atoms with van der Waals surface area (Å²) in [7, 11) is 0. The Hall–Kier alpha value is -1.26. The molecule has 0 radical (unpaired) electrons. The molecule has 0 aliphatic heterocycles. The Morgan fingerprint density at radius 3 is 2.83 bits per heavy atom. The fourth-order valence-electron chi connectivity index (χ4n) is 1.48. The van der Waals surface area contributed by atoms with Crippen LogP contribution in [0.5, 0.6) is 0 Å². The van der Waals surface area contributed by atoms with E-state index >= 15 is 0 Å². The largest absolute Gasteiger partial charge is 0.310 e. The number of H-pyrrole nitrogens is 1. The van der Waals surface area contributed by atoms with Gasteiger partial charge < -0.3 is 4.98 Å². The summed E-state index contributed by atoms with van der Waals surface area (Å²) in [4.78, 5) is 19.8. The number of aromatic nitrogens is 2. The van der Waals surface area contributed by atoms with Crippen molar-refractivity contribution >= 4 is 23.4 Å². The van der Waals surface area contributed by atoms with Crippen LogP contribution in [0.2, 0.25) is 5.02 Å². The monoisotopic (exact) mass is 280 g/mol. The third-order valence-electron chi connectivity index (χ3n) is 2.62. The highest BCUT2D eigenvalue weighted by Gasteiger charge is 2.04. The maximum Gasteiger partial charge on any atom is 0.254 e. The van der Waals surface area contributed by atoms with Crippen LogP contribution in [0.15, 0.2) is 34.0 Å². The van der Waals surface area contributed by atoms with Crippen LogP contribution in [0.1, 0.15) is 17.1 Å². The van der Waals surface area contributed by atoms with Gasteiger partial charge in [-0.25, -0.2) is 4.98 Å². The lowest BCUT2D eigenvalue weighted by molar-refractivity contribution is 0.942. The lowest BCUT2D eigenvalue weighted by Gasteiger charge is -2.04. The van der Waals surface area contributed by atoms with E-state index in [1.807, 2.05) is 31.2 Å². The van der Waals surface area contributed by atoms with E-state index in [0.29, 0.717) is 22.2 Å². The zero-order valence-corrected chi connectivity index (χ0v) is 11.7. The molecule has 0 spiro atoms. The molecule has 0 aliphatic carbocycles. The smallest absolute Gasteiger partial charge is 0.254 e. The minimum absolute atomic E-state index is 0.0656. The minimum Gasteiger partial charge on any atom is -0.310 e. The molecule has 2 rings (SSSR count). The normalized spacial score (nSPS) is 10.6. The molecule has 5 heteroatoms. The zero-order chi connectivity index (χ0) is 13.1. The number of nitrogens with one attached hydrogen (secondary N) is 1. The first kappa shape index (κ1) is 13.2. The van der Waals surface area contributed by atoms with E-state index in [4.69, 9.17) is 11.6 Å². The van der Waals surface area contributed by atoms with Crippen LogP contribution in [0.25, 0.3) is 0 Å². The Kier molecular flexibility index (Phi) is 4.09. The van der Waals surface area contributed by atoms with Crippen LogP contribution in [0.4, 0.5) is 0 Å². The number of hydrogen-bond acceptors (Lipinski definition) is 3. The number of hydrogen-bond donors (Lipinski definition) is 1. The molecule has 3 nitrogen and oxygen atoms in total. The summed E-state index contributed by atoms with van der Waals surface area (Å²) in [6.07, 6.45) is 0. The molecule has 1 aromatic heterocycles. The van der Waals surface area contributed by atoms with Gasteiger partial charge in [-0.15, -0.1) is 11.8 Å². The third kappa shape index (κ3) is 3.15. The van der Waals surface area contributed by atoms with Crippen molar-refractivity contribution in [2.75, 3.05) is 0 Å². The lowest BCUT2D eigenvalue weighted by Crippen LogP contribution is -2.15. The van der Waals surface area contributed by atoms with Gasteiger partial charge in [-0.1, -0.05) is 17.7 Å². The zero-order valence-electron chi connectivity index (χ0n) is 10.2. The standard InChI is InChI=1S/C13H13ClN2OS/c1-8-9(2)15-12(16-13(8)17)7-18-11-5-3-4-10(14)6-11/h3-6H,7H2,1-2H3,(H,15,16,17). The molecule has 2 aromatic rings. The maximum absolute atomic E-state index is 11.6. The number of aryl methyl sites for hydroxylation is 1. The van der Waals surface area contributed by atoms with Crippen molar-refractivity contribution < 1.29 is 0 Å². The number of thioether (sulfide) groups is 1. The molecular weight excluding hydrogens is 268 g/mol. The Labute approximate surface area is 115 Å². The highest BCUT2D eigenvalue weighted by Crippen LogP contribution is 2.23. The van der Waals surface area contributed by atoms with Gasteiger partial charge >= 0.3 is 0 Å². The predicted molar refractivity (Wildman–Crippen MR) is 75.3 cm³/mol. The number of rotatable bonds is 3. The Balaban J connectivity index is 2.14. The lowest BCUT2D eigenvalue weighted by atomic mass is 10.3. The predicted octanol–water partition coefficient (Wildman–Crippen LogP) is 3.33. The molecular formula is C13H13ClN2OS. The summed E-state index contributed by atoms with van der Waals surface area (Å²) in [6, 6.07) is 7.62. The van der Waals surface area contributed by atoms with Crippen LogP contribution in [-0.2, 0) is 5.75 Å². The number of nitrogens with zero attached hydrogens (tertiary/aromatic N) is 1. The molecule has 0 saturated carbocycles. The third-order valence-corrected chi connectivity index (χ3v) is 3.86. The van der Waals surface area contributed by atoms with Gasteiger partial charge in [-0.3, -0.25) is 4.79 Å². The second-order valence-corrected chi connectivity index (χ2v) is 5.45. The van der Waals surface area contributed by atoms with Crippen LogP contribution < -0.4 is 5.56 Å². The quantitative estimate of drug-likeness (QED) is 0.877. The van der Waals surface area contributed by atoms with Crippen molar-refractivity contribution in [3.8, 4) is 0 Å². The molecule has 1 aromatic carbocycles. The minimum atomic E-state index is -0.0656. The van der Waals surface area contributed by atoms with Gasteiger partial charge in [0.15, 0.2) is 0 Å². The first-order valence-electron chi connectivity index (χ1n) is 5.51. The molecule has 0 amide bonds. The molecule has 94 valence electrons. The highest BCUT2D eigenvalue weighted by atomic mass is 35.5. The summed E-state index contributed by atoms with van der Waals surface area (Å²) < 4.78 is 0. The average Bonchev–Trinajstić information content (AvgIpc) is 2.33. The van der Waals surface area contributed by atoms with Crippen molar-refractivity contribution in [1.29, 1.82) is 0 Å². The van der Waals surface area contributed by atoms with Crippen molar-refractivity contribution in [2.45, 2.75) is 24.5 Å². The van der Waals surface area contributed by atoms with Gasteiger partial charge in [0, 0.05) is 21.2 Å². The van der Waals surface area contributed by atoms with E-state index in [0.717, 1.165) is 10.6 Å². The first-order chi connectivity index (χ1) is 8.56. The fraction of sp³-hybridized carbons (Fsp3) is 0.231. The fourth-order valence-corrected chi connectivity index (χ4v) is 2.56. The average molecular weight is 281 g/mol. The van der Waals surface area contributed by atoms with Crippen LogP contribution in [0, 0.1) is 13.8 Å². The Morgan fingerprint density at radius 2 is 2.17 bits per heavy atom. The number of halogens is 1. The SMILES string of the molecule is Cc1nc(CSc2cccc(Cl)c2)[nH]c(=O)c1C. The Morgan fingerprint density at radius 1 is 1.39 bits per heavy atom. The van der Waals surface area contributed by atoms with E-state index in [2.05, 4.69) is 9.97 Å². The van der Waals surface area contributed by atoms with E-state index < -0.39 is 0 Å². The molecule has 0 fully saturated rings. The molecule has 1 heterocycles. The molecule has 0 unspecified atom stereocenters. The summed E-state index contributed by atoms with van der Waals surface area (Å²) in [6.45, 7) is 3.62. The molecule has 1 N–H and O–H groups in total. The summed E-state index contributed by atoms with van der Waals surface area (Å²) >= 11 is 7.50. The van der Waals surface area contributed by atoms with Gasteiger partial charge in [-0.2, -0.15) is 0 Å². The number of aromatic amines is 1. The first-order valence-corrected chi connectivity index (χ1v) is 6.87. The van der Waals surface area contributed by atoms with Gasteiger partial charge in [0.2, 0.25) is 0 Å². The topological polar surface area (TPSA) is 45.8 Å². The van der Waals surface area contributed by atoms with Crippen molar-refractivity contribution in [1.82, 2.24) is 9.97 Å². The maximum atomic E-state index is 11.6. The summed E-state index contributed by atoms with van der Waals surface area (Å²) in [5.41, 5.74) is 1.39. The number of benzene rings is 1. The Bertz CT molecular complexity index is 625. The second kappa shape index (κ2) is 5.59. The van der Waals surface area contributed by atoms with Crippen molar-refractivity contribution in [3.63, 3.8) is 0 Å². The van der Waals surface area contributed by atoms with Crippen molar-refractivity contribution in [2.24, 2.45) is 0 Å². The molecule has 0 bridgehead atoms. The van der Waals surface area contributed by atoms with Crippen molar-refractivity contribution in [3.05, 3.63) is 56.7 Å². The van der Waals surface area contributed by atoms with Gasteiger partial charge in [-0.05, 0) is 32.0 Å². The molecule has 18 heavy (non-hydrogen) atoms. The van der Waals surface area contributed by atoms with Gasteiger partial charge in [0.05, 0.1) is 5.75 Å². The van der Waals surface area contributed by atoms with Crippen LogP contribution >= 0.6 is 23.4 Å². The van der Waals surface area contributed by atoms with Crippen LogP contribution in [-0.4, -0.2) is 9.97 Å².